The van der Waals surface area contributed by atoms with Gasteiger partial charge in [-0.3, -0.25) is 0 Å². The molecule has 1 aromatic heterocycles. The molecule has 0 aliphatic rings. The zero-order valence-electron chi connectivity index (χ0n) is 10.7. The summed E-state index contributed by atoms with van der Waals surface area (Å²) in [5.74, 6) is -0.443. The summed E-state index contributed by atoms with van der Waals surface area (Å²) in [5, 5.41) is 3.87. The number of rotatable bonds is 5. The molecule has 1 aromatic carbocycles. The van der Waals surface area contributed by atoms with Gasteiger partial charge >= 0.3 is 0 Å². The van der Waals surface area contributed by atoms with Gasteiger partial charge in [-0.15, -0.1) is 11.3 Å². The van der Waals surface area contributed by atoms with Gasteiger partial charge in [-0.1, -0.05) is 23.2 Å². The smallest absolute Gasteiger partial charge is 0.142 e. The molecule has 0 bridgehead atoms. The van der Waals surface area contributed by atoms with Gasteiger partial charge in [0.25, 0.3) is 0 Å². The summed E-state index contributed by atoms with van der Waals surface area (Å²) in [6, 6.07) is 6.94. The van der Waals surface area contributed by atoms with Crippen LogP contribution in [0, 0.1) is 5.82 Å². The van der Waals surface area contributed by atoms with Gasteiger partial charge in [0.15, 0.2) is 0 Å². The van der Waals surface area contributed by atoms with E-state index in [0.717, 1.165) is 22.3 Å². The molecule has 0 fully saturated rings. The fraction of sp³-hybridized carbons (Fsp3) is 0.286. The molecule has 0 saturated heterocycles. The normalized spacial score (nSPS) is 12.7. The van der Waals surface area contributed by atoms with E-state index in [1.54, 1.807) is 11.3 Å². The second-order valence-electron chi connectivity index (χ2n) is 4.42. The SMILES string of the molecule is CC(NCCc1ccc(Br)s1)c1cc(F)c(Cl)cc1Cl. The van der Waals surface area contributed by atoms with Crippen molar-refractivity contribution >= 4 is 50.5 Å². The molecule has 108 valence electrons. The van der Waals surface area contributed by atoms with Crippen molar-refractivity contribution < 1.29 is 4.39 Å². The Bertz CT molecular complexity index is 603. The second-order valence-corrected chi connectivity index (χ2v) is 7.78. The van der Waals surface area contributed by atoms with Crippen molar-refractivity contribution in [2.45, 2.75) is 19.4 Å². The van der Waals surface area contributed by atoms with Crippen LogP contribution in [0.2, 0.25) is 10.0 Å². The van der Waals surface area contributed by atoms with Gasteiger partial charge < -0.3 is 5.32 Å². The molecule has 0 amide bonds. The Hall–Kier alpha value is -0.130. The number of nitrogens with one attached hydrogen (secondary N) is 1. The van der Waals surface area contributed by atoms with Crippen molar-refractivity contribution in [1.29, 1.82) is 0 Å². The number of thiophene rings is 1. The Morgan fingerprint density at radius 2 is 2.05 bits per heavy atom. The Labute approximate surface area is 140 Å². The van der Waals surface area contributed by atoms with E-state index in [0.29, 0.717) is 5.02 Å². The topological polar surface area (TPSA) is 12.0 Å². The van der Waals surface area contributed by atoms with Crippen molar-refractivity contribution in [1.82, 2.24) is 5.32 Å². The lowest BCUT2D eigenvalue weighted by Gasteiger charge is -2.16. The molecule has 20 heavy (non-hydrogen) atoms. The Kier molecular flexibility index (Phi) is 5.87. The second kappa shape index (κ2) is 7.23. The molecule has 1 unspecified atom stereocenters. The molecule has 1 nitrogen and oxygen atoms in total. The van der Waals surface area contributed by atoms with Crippen LogP contribution in [0.25, 0.3) is 0 Å². The Morgan fingerprint density at radius 3 is 2.70 bits per heavy atom. The highest BCUT2D eigenvalue weighted by Crippen LogP contribution is 2.28. The number of hydrogen-bond acceptors (Lipinski definition) is 2. The molecule has 0 aliphatic heterocycles. The summed E-state index contributed by atoms with van der Waals surface area (Å²) < 4.78 is 14.6. The van der Waals surface area contributed by atoms with Crippen LogP contribution in [0.5, 0.6) is 0 Å². The highest BCUT2D eigenvalue weighted by molar-refractivity contribution is 9.11. The lowest BCUT2D eigenvalue weighted by Crippen LogP contribution is -2.21. The molecular weight excluding hydrogens is 384 g/mol. The maximum Gasteiger partial charge on any atom is 0.142 e. The predicted octanol–water partition coefficient (Wildman–Crippen LogP) is 5.85. The molecule has 2 rings (SSSR count). The van der Waals surface area contributed by atoms with Gasteiger partial charge in [-0.05, 0) is 59.1 Å². The summed E-state index contributed by atoms with van der Waals surface area (Å²) >= 11 is 17.0. The molecule has 1 N–H and O–H groups in total. The van der Waals surface area contributed by atoms with Crippen LogP contribution >= 0.6 is 50.5 Å². The molecule has 1 atom stereocenters. The van der Waals surface area contributed by atoms with Crippen LogP contribution in [0.1, 0.15) is 23.4 Å². The Morgan fingerprint density at radius 1 is 1.30 bits per heavy atom. The largest absolute Gasteiger partial charge is 0.310 e. The summed E-state index contributed by atoms with van der Waals surface area (Å²) in [4.78, 5) is 1.30. The summed E-state index contributed by atoms with van der Waals surface area (Å²) in [7, 11) is 0. The molecule has 1 heterocycles. The van der Waals surface area contributed by atoms with Crippen molar-refractivity contribution in [2.24, 2.45) is 0 Å². The predicted molar refractivity (Wildman–Crippen MR) is 88.6 cm³/mol. The first kappa shape index (κ1) is 16.2. The van der Waals surface area contributed by atoms with E-state index in [-0.39, 0.29) is 11.1 Å². The van der Waals surface area contributed by atoms with E-state index in [9.17, 15) is 4.39 Å². The lowest BCUT2D eigenvalue weighted by molar-refractivity contribution is 0.569. The van der Waals surface area contributed by atoms with E-state index in [1.807, 2.05) is 13.0 Å². The van der Waals surface area contributed by atoms with E-state index in [4.69, 9.17) is 23.2 Å². The molecule has 0 aliphatic carbocycles. The van der Waals surface area contributed by atoms with Crippen LogP contribution in [-0.4, -0.2) is 6.54 Å². The van der Waals surface area contributed by atoms with Crippen LogP contribution < -0.4 is 5.32 Å². The molecule has 0 saturated carbocycles. The Balaban J connectivity index is 1.95. The van der Waals surface area contributed by atoms with Crippen molar-refractivity contribution in [2.75, 3.05) is 6.54 Å². The third kappa shape index (κ3) is 4.18. The van der Waals surface area contributed by atoms with Crippen LogP contribution in [0.4, 0.5) is 4.39 Å². The molecule has 2 aromatic rings. The maximum atomic E-state index is 13.5. The molecule has 0 spiro atoms. The van der Waals surface area contributed by atoms with E-state index in [1.165, 1.54) is 17.0 Å². The minimum Gasteiger partial charge on any atom is -0.310 e. The average molecular weight is 397 g/mol. The van der Waals surface area contributed by atoms with Gasteiger partial charge in [-0.25, -0.2) is 4.39 Å². The number of halogens is 4. The third-order valence-corrected chi connectivity index (χ3v) is 5.26. The van der Waals surface area contributed by atoms with Gasteiger partial charge in [0.2, 0.25) is 0 Å². The number of hydrogen-bond donors (Lipinski definition) is 1. The van der Waals surface area contributed by atoms with Crippen LogP contribution in [0.15, 0.2) is 28.1 Å². The minimum atomic E-state index is -0.443. The van der Waals surface area contributed by atoms with Gasteiger partial charge in [0, 0.05) is 22.5 Å². The highest BCUT2D eigenvalue weighted by Gasteiger charge is 2.13. The fourth-order valence-electron chi connectivity index (χ4n) is 1.88. The van der Waals surface area contributed by atoms with E-state index >= 15 is 0 Å². The monoisotopic (exact) mass is 395 g/mol. The van der Waals surface area contributed by atoms with Crippen molar-refractivity contribution in [3.05, 3.63) is 54.4 Å². The van der Waals surface area contributed by atoms with E-state index < -0.39 is 5.82 Å². The first-order valence-electron chi connectivity index (χ1n) is 6.09. The van der Waals surface area contributed by atoms with Gasteiger partial charge in [0.05, 0.1) is 8.81 Å². The van der Waals surface area contributed by atoms with Crippen LogP contribution in [0.3, 0.4) is 0 Å². The maximum absolute atomic E-state index is 13.5. The van der Waals surface area contributed by atoms with Gasteiger partial charge in [0.1, 0.15) is 5.82 Å². The van der Waals surface area contributed by atoms with Crippen molar-refractivity contribution in [3.63, 3.8) is 0 Å². The standard InChI is InChI=1S/C14H13BrCl2FNS/c1-8(10-6-13(18)12(17)7-11(10)16)19-5-4-9-2-3-14(15)20-9/h2-3,6-8,19H,4-5H2,1H3. The summed E-state index contributed by atoms with van der Waals surface area (Å²) in [6.45, 7) is 2.76. The molecule has 6 heteroatoms. The third-order valence-electron chi connectivity index (χ3n) is 2.96. The lowest BCUT2D eigenvalue weighted by atomic mass is 10.1. The minimum absolute atomic E-state index is 0.0299. The highest BCUT2D eigenvalue weighted by atomic mass is 79.9. The first-order chi connectivity index (χ1) is 9.47. The summed E-state index contributed by atoms with van der Waals surface area (Å²) in [6.07, 6.45) is 0.925. The van der Waals surface area contributed by atoms with Crippen LogP contribution in [-0.2, 0) is 6.42 Å². The zero-order chi connectivity index (χ0) is 14.7. The quantitative estimate of drug-likeness (QED) is 0.625. The molecular formula is C14H13BrCl2FNS. The first-order valence-corrected chi connectivity index (χ1v) is 8.46. The van der Waals surface area contributed by atoms with Crippen molar-refractivity contribution in [3.8, 4) is 0 Å². The summed E-state index contributed by atoms with van der Waals surface area (Å²) in [5.41, 5.74) is 0.723. The fourth-order valence-corrected chi connectivity index (χ4v) is 3.91. The number of benzene rings is 1. The van der Waals surface area contributed by atoms with E-state index in [2.05, 4.69) is 27.3 Å². The zero-order valence-corrected chi connectivity index (χ0v) is 14.6. The molecule has 0 radical (unpaired) electrons. The average Bonchev–Trinajstić information content (AvgIpc) is 2.79. The van der Waals surface area contributed by atoms with Gasteiger partial charge in [-0.2, -0.15) is 0 Å².